The van der Waals surface area contributed by atoms with Gasteiger partial charge in [-0.3, -0.25) is 9.59 Å². The second kappa shape index (κ2) is 6.47. The second-order valence-corrected chi connectivity index (χ2v) is 10.3. The van der Waals surface area contributed by atoms with Gasteiger partial charge >= 0.3 is 0 Å². The normalized spacial score (nSPS) is 44.8. The van der Waals surface area contributed by atoms with Crippen molar-refractivity contribution in [2.75, 3.05) is 0 Å². The summed E-state index contributed by atoms with van der Waals surface area (Å²) in [6, 6.07) is 0. The minimum atomic E-state index is -1.44. The Labute approximate surface area is 176 Å². The summed E-state index contributed by atoms with van der Waals surface area (Å²) in [7, 11) is 0. The Morgan fingerprint density at radius 3 is 2.87 bits per heavy atom. The quantitative estimate of drug-likeness (QED) is 0.799. The molecule has 3 saturated carbocycles. The third kappa shape index (κ3) is 2.53. The van der Waals surface area contributed by atoms with Crippen LogP contribution in [-0.2, 0) is 16.1 Å². The van der Waals surface area contributed by atoms with Crippen LogP contribution in [0, 0.1) is 28.6 Å². The van der Waals surface area contributed by atoms with E-state index in [1.54, 1.807) is 35.4 Å². The average molecular weight is 411 g/mol. The summed E-state index contributed by atoms with van der Waals surface area (Å²) in [5.74, 6) is 0.227. The number of allylic oxidation sites excluding steroid dienone is 4. The van der Waals surface area contributed by atoms with Gasteiger partial charge in [0, 0.05) is 29.1 Å². The van der Waals surface area contributed by atoms with E-state index in [-0.39, 0.29) is 41.3 Å². The first-order valence-corrected chi connectivity index (χ1v) is 11.0. The van der Waals surface area contributed by atoms with Crippen molar-refractivity contribution < 1.29 is 19.8 Å². The van der Waals surface area contributed by atoms with Crippen LogP contribution in [0.3, 0.4) is 0 Å². The summed E-state index contributed by atoms with van der Waals surface area (Å²) in [5.41, 5.74) is -1.32. The van der Waals surface area contributed by atoms with E-state index in [2.05, 4.69) is 11.9 Å². The van der Waals surface area contributed by atoms with Gasteiger partial charge in [0.15, 0.2) is 11.6 Å². The van der Waals surface area contributed by atoms with Crippen LogP contribution >= 0.6 is 0 Å². The van der Waals surface area contributed by atoms with E-state index in [1.165, 1.54) is 0 Å². The van der Waals surface area contributed by atoms with Gasteiger partial charge in [0.2, 0.25) is 0 Å². The molecular weight excluding hydrogens is 380 g/mol. The maximum absolute atomic E-state index is 13.3. The standard InChI is InChI=1S/C24H30N2O4/c1-22-7-5-16(27)11-15(22)3-4-17-18-6-8-24(30,20(29)13-26-10-9-25-14-26)23(18,2)12-19(28)21(17)22/h5,7,9-11,14,17-19,21,28,30H,3-4,6,8,12-13H2,1-2H3/t17?,18?,19-,21?,22?,23?,24-/m0/s1. The largest absolute Gasteiger partial charge is 0.393 e. The maximum Gasteiger partial charge on any atom is 0.184 e. The summed E-state index contributed by atoms with van der Waals surface area (Å²) in [5, 5.41) is 23.1. The van der Waals surface area contributed by atoms with Crippen molar-refractivity contribution in [3.8, 4) is 0 Å². The summed E-state index contributed by atoms with van der Waals surface area (Å²) in [6.45, 7) is 4.23. The molecular formula is C24H30N2O4. The highest BCUT2D eigenvalue weighted by Crippen LogP contribution is 2.67. The Balaban J connectivity index is 1.48. The Morgan fingerprint density at radius 1 is 1.33 bits per heavy atom. The van der Waals surface area contributed by atoms with E-state index in [0.29, 0.717) is 12.8 Å². The van der Waals surface area contributed by atoms with Crippen LogP contribution in [0.4, 0.5) is 0 Å². The summed E-state index contributed by atoms with van der Waals surface area (Å²) >= 11 is 0. The van der Waals surface area contributed by atoms with Crippen LogP contribution in [0.2, 0.25) is 0 Å². The number of Topliss-reactive ketones (excluding diaryl/α,β-unsaturated/α-hetero) is 1. The smallest absolute Gasteiger partial charge is 0.184 e. The number of ketones is 2. The predicted octanol–water partition coefficient (Wildman–Crippen LogP) is 2.46. The fourth-order valence-electron chi connectivity index (χ4n) is 7.47. The number of carbonyl (C=O) groups is 2. The number of nitrogens with zero attached hydrogens (tertiary/aromatic N) is 2. The molecule has 3 fully saturated rings. The lowest BCUT2D eigenvalue weighted by atomic mass is 9.46. The molecule has 6 heteroatoms. The summed E-state index contributed by atoms with van der Waals surface area (Å²) in [6.07, 6.45) is 13.0. The number of carbonyl (C=O) groups excluding carboxylic acids is 2. The molecule has 30 heavy (non-hydrogen) atoms. The highest BCUT2D eigenvalue weighted by molar-refractivity contribution is 6.01. The number of aromatic nitrogens is 2. The van der Waals surface area contributed by atoms with Crippen molar-refractivity contribution in [3.63, 3.8) is 0 Å². The molecule has 2 N–H and O–H groups in total. The Bertz CT molecular complexity index is 950. The van der Waals surface area contributed by atoms with Gasteiger partial charge in [0.1, 0.15) is 5.60 Å². The number of rotatable bonds is 3. The number of aliphatic hydroxyl groups is 2. The van der Waals surface area contributed by atoms with E-state index in [9.17, 15) is 19.8 Å². The maximum atomic E-state index is 13.3. The predicted molar refractivity (Wildman–Crippen MR) is 110 cm³/mol. The zero-order chi connectivity index (χ0) is 21.3. The number of fused-ring (bicyclic) bond motifs is 5. The van der Waals surface area contributed by atoms with E-state index < -0.39 is 17.1 Å². The summed E-state index contributed by atoms with van der Waals surface area (Å²) < 4.78 is 1.70. The van der Waals surface area contributed by atoms with Gasteiger partial charge in [-0.25, -0.2) is 4.98 Å². The molecule has 0 spiro atoms. The minimum absolute atomic E-state index is 0.00558. The zero-order valence-corrected chi connectivity index (χ0v) is 17.6. The van der Waals surface area contributed by atoms with E-state index in [0.717, 1.165) is 24.8 Å². The van der Waals surface area contributed by atoms with Crippen LogP contribution in [0.1, 0.15) is 46.0 Å². The first kappa shape index (κ1) is 19.9. The minimum Gasteiger partial charge on any atom is -0.393 e. The number of imidazole rings is 1. The van der Waals surface area contributed by atoms with Crippen LogP contribution in [0.5, 0.6) is 0 Å². The second-order valence-electron chi connectivity index (χ2n) is 10.3. The third-order valence-corrected chi connectivity index (χ3v) is 8.99. The third-order valence-electron chi connectivity index (χ3n) is 8.99. The molecule has 6 nitrogen and oxygen atoms in total. The van der Waals surface area contributed by atoms with Crippen molar-refractivity contribution in [1.82, 2.24) is 9.55 Å². The first-order chi connectivity index (χ1) is 14.2. The molecule has 5 rings (SSSR count). The monoisotopic (exact) mass is 410 g/mol. The van der Waals surface area contributed by atoms with Gasteiger partial charge in [-0.05, 0) is 56.1 Å². The molecule has 0 amide bonds. The van der Waals surface area contributed by atoms with Gasteiger partial charge < -0.3 is 14.8 Å². The molecule has 160 valence electrons. The Kier molecular flexibility index (Phi) is 4.29. The molecule has 0 aliphatic heterocycles. The van der Waals surface area contributed by atoms with Crippen molar-refractivity contribution in [1.29, 1.82) is 0 Å². The van der Waals surface area contributed by atoms with Crippen LogP contribution in [0.15, 0.2) is 42.5 Å². The topological polar surface area (TPSA) is 92.4 Å². The summed E-state index contributed by atoms with van der Waals surface area (Å²) in [4.78, 5) is 29.2. The van der Waals surface area contributed by atoms with Gasteiger partial charge in [-0.15, -0.1) is 0 Å². The van der Waals surface area contributed by atoms with Crippen LogP contribution in [-0.4, -0.2) is 43.0 Å². The lowest BCUT2D eigenvalue weighted by Gasteiger charge is -2.59. The molecule has 1 aromatic heterocycles. The van der Waals surface area contributed by atoms with Gasteiger partial charge in [-0.2, -0.15) is 0 Å². The lowest BCUT2D eigenvalue weighted by molar-refractivity contribution is -0.177. The van der Waals surface area contributed by atoms with Gasteiger partial charge in [0.05, 0.1) is 19.0 Å². The molecule has 1 aromatic rings. The molecule has 4 aliphatic carbocycles. The SMILES string of the molecule is CC12C=CC(=O)C=C1CCC1C2[C@@H](O)CC2(C)C1CC[C@]2(O)C(=O)Cn1ccnc1. The van der Waals surface area contributed by atoms with Gasteiger partial charge in [0.25, 0.3) is 0 Å². The van der Waals surface area contributed by atoms with E-state index >= 15 is 0 Å². The fraction of sp³-hybridized carbons (Fsp3) is 0.625. The van der Waals surface area contributed by atoms with Crippen LogP contribution in [0.25, 0.3) is 0 Å². The highest BCUT2D eigenvalue weighted by Gasteiger charge is 2.68. The molecule has 0 bridgehead atoms. The number of hydrogen-bond acceptors (Lipinski definition) is 5. The molecule has 0 saturated heterocycles. The van der Waals surface area contributed by atoms with Crippen molar-refractivity contribution in [3.05, 3.63) is 42.5 Å². The lowest BCUT2D eigenvalue weighted by Crippen LogP contribution is -2.61. The molecule has 0 radical (unpaired) electrons. The fourth-order valence-corrected chi connectivity index (χ4v) is 7.47. The molecule has 0 aromatic carbocycles. The average Bonchev–Trinajstić information content (AvgIpc) is 3.29. The van der Waals surface area contributed by atoms with E-state index in [1.807, 2.05) is 13.0 Å². The molecule has 4 aliphatic rings. The van der Waals surface area contributed by atoms with Crippen molar-refractivity contribution in [2.45, 2.75) is 64.2 Å². The number of aliphatic hydroxyl groups excluding tert-OH is 1. The molecule has 5 unspecified atom stereocenters. The van der Waals surface area contributed by atoms with Crippen molar-refractivity contribution in [2.24, 2.45) is 28.6 Å². The van der Waals surface area contributed by atoms with Gasteiger partial charge in [-0.1, -0.05) is 25.5 Å². The highest BCUT2D eigenvalue weighted by atomic mass is 16.3. The van der Waals surface area contributed by atoms with Crippen molar-refractivity contribution >= 4 is 11.6 Å². The van der Waals surface area contributed by atoms with E-state index in [4.69, 9.17) is 0 Å². The Morgan fingerprint density at radius 2 is 2.13 bits per heavy atom. The van der Waals surface area contributed by atoms with Crippen LogP contribution < -0.4 is 0 Å². The molecule has 1 heterocycles. The number of hydrogen-bond donors (Lipinski definition) is 2. The Hall–Kier alpha value is -2.05. The zero-order valence-electron chi connectivity index (χ0n) is 17.6. The molecule has 7 atom stereocenters. The first-order valence-electron chi connectivity index (χ1n) is 11.0.